The van der Waals surface area contributed by atoms with E-state index in [-0.39, 0.29) is 23.9 Å². The van der Waals surface area contributed by atoms with Gasteiger partial charge in [0.15, 0.2) is 0 Å². The molecule has 1 rings (SSSR count). The number of hydrogen-bond donors (Lipinski definition) is 2. The number of nitrogens with zero attached hydrogens (tertiary/aromatic N) is 1. The molecule has 0 aliphatic rings. The molecule has 1 aromatic rings. The first-order valence-corrected chi connectivity index (χ1v) is 4.18. The molecular formula is C8H10ClFN2O. The van der Waals surface area contributed by atoms with Crippen LogP contribution in [-0.2, 0) is 0 Å². The minimum absolute atomic E-state index is 0.155. The smallest absolute Gasteiger partial charge is 0.146 e. The summed E-state index contributed by atoms with van der Waals surface area (Å²) in [5, 5.41) is 9.08. The van der Waals surface area contributed by atoms with Gasteiger partial charge in [0.2, 0.25) is 0 Å². The summed E-state index contributed by atoms with van der Waals surface area (Å²) in [6, 6.07) is 1.15. The summed E-state index contributed by atoms with van der Waals surface area (Å²) in [5.41, 5.74) is 5.48. The monoisotopic (exact) mass is 204 g/mol. The van der Waals surface area contributed by atoms with Crippen LogP contribution in [0.25, 0.3) is 0 Å². The molecule has 0 spiro atoms. The number of halogens is 2. The Morgan fingerprint density at radius 2 is 2.38 bits per heavy atom. The largest absolute Gasteiger partial charge is 0.396 e. The molecule has 0 aliphatic heterocycles. The van der Waals surface area contributed by atoms with Crippen molar-refractivity contribution in [2.24, 2.45) is 5.73 Å². The van der Waals surface area contributed by atoms with Crippen molar-refractivity contribution < 1.29 is 9.50 Å². The van der Waals surface area contributed by atoms with Crippen molar-refractivity contribution in [1.82, 2.24) is 4.98 Å². The lowest BCUT2D eigenvalue weighted by Crippen LogP contribution is -2.18. The average molecular weight is 205 g/mol. The van der Waals surface area contributed by atoms with Crippen LogP contribution in [0.5, 0.6) is 0 Å². The maximum absolute atomic E-state index is 13.2. The highest BCUT2D eigenvalue weighted by Gasteiger charge is 2.14. The third-order valence-corrected chi connectivity index (χ3v) is 1.93. The van der Waals surface area contributed by atoms with Crippen molar-refractivity contribution in [3.05, 3.63) is 28.8 Å². The Labute approximate surface area is 80.3 Å². The van der Waals surface area contributed by atoms with E-state index in [1.807, 2.05) is 0 Å². The van der Waals surface area contributed by atoms with Crippen LogP contribution in [0.1, 0.15) is 11.6 Å². The molecule has 0 aromatic carbocycles. The minimum Gasteiger partial charge on any atom is -0.396 e. The summed E-state index contributed by atoms with van der Waals surface area (Å²) >= 11 is 5.51. The molecule has 1 aromatic heterocycles. The second kappa shape index (κ2) is 4.50. The van der Waals surface area contributed by atoms with E-state index in [9.17, 15) is 4.39 Å². The van der Waals surface area contributed by atoms with Crippen molar-refractivity contribution in [3.8, 4) is 0 Å². The molecule has 0 saturated heterocycles. The molecule has 0 radical (unpaired) electrons. The van der Waals surface area contributed by atoms with Gasteiger partial charge in [0.1, 0.15) is 5.82 Å². The summed E-state index contributed by atoms with van der Waals surface area (Å²) in [6.45, 7) is -0.0654. The molecule has 0 bridgehead atoms. The van der Waals surface area contributed by atoms with E-state index in [0.717, 1.165) is 6.07 Å². The fourth-order valence-corrected chi connectivity index (χ4v) is 1.14. The van der Waals surface area contributed by atoms with Gasteiger partial charge in [-0.15, -0.1) is 0 Å². The van der Waals surface area contributed by atoms with Crippen LogP contribution in [0.4, 0.5) is 4.39 Å². The van der Waals surface area contributed by atoms with E-state index < -0.39 is 11.7 Å². The van der Waals surface area contributed by atoms with Crippen molar-refractivity contribution in [3.63, 3.8) is 0 Å². The maximum atomic E-state index is 13.2. The van der Waals surface area contributed by atoms with Gasteiger partial charge < -0.3 is 10.8 Å². The highest BCUT2D eigenvalue weighted by molar-refractivity contribution is 6.30. The molecule has 1 unspecified atom stereocenters. The van der Waals surface area contributed by atoms with Gasteiger partial charge >= 0.3 is 0 Å². The van der Waals surface area contributed by atoms with E-state index in [2.05, 4.69) is 4.98 Å². The first-order chi connectivity index (χ1) is 6.19. The topological polar surface area (TPSA) is 59.1 Å². The third kappa shape index (κ3) is 2.37. The van der Waals surface area contributed by atoms with E-state index in [0.29, 0.717) is 0 Å². The predicted octanol–water partition coefficient (Wildman–Crippen LogP) is 0.909. The molecule has 0 aliphatic carbocycles. The van der Waals surface area contributed by atoms with Crippen LogP contribution < -0.4 is 5.73 Å². The first-order valence-electron chi connectivity index (χ1n) is 3.81. The summed E-state index contributed by atoms with van der Waals surface area (Å²) in [4.78, 5) is 3.77. The van der Waals surface area contributed by atoms with Gasteiger partial charge in [-0.3, -0.25) is 4.98 Å². The molecule has 3 nitrogen and oxygen atoms in total. The lowest BCUT2D eigenvalue weighted by Gasteiger charge is -2.11. The van der Waals surface area contributed by atoms with Gasteiger partial charge in [0, 0.05) is 18.7 Å². The molecule has 72 valence electrons. The Morgan fingerprint density at radius 1 is 1.69 bits per heavy atom. The van der Waals surface area contributed by atoms with Crippen LogP contribution in [0.3, 0.4) is 0 Å². The number of aliphatic hydroxyl groups is 1. The van der Waals surface area contributed by atoms with Crippen molar-refractivity contribution in [2.45, 2.75) is 5.92 Å². The molecule has 13 heavy (non-hydrogen) atoms. The zero-order chi connectivity index (χ0) is 9.84. The lowest BCUT2D eigenvalue weighted by molar-refractivity contribution is 0.262. The van der Waals surface area contributed by atoms with E-state index in [4.69, 9.17) is 22.4 Å². The molecule has 1 heterocycles. The van der Waals surface area contributed by atoms with E-state index in [1.165, 1.54) is 6.20 Å². The Morgan fingerprint density at radius 3 is 2.85 bits per heavy atom. The molecule has 0 amide bonds. The molecule has 3 N–H and O–H groups in total. The van der Waals surface area contributed by atoms with E-state index in [1.54, 1.807) is 0 Å². The fraction of sp³-hybridized carbons (Fsp3) is 0.375. The minimum atomic E-state index is -0.531. The van der Waals surface area contributed by atoms with Gasteiger partial charge in [0.25, 0.3) is 0 Å². The SMILES string of the molecule is NCC(CO)c1ncc(Cl)cc1F. The highest BCUT2D eigenvalue weighted by atomic mass is 35.5. The Hall–Kier alpha value is -0.710. The van der Waals surface area contributed by atoms with E-state index >= 15 is 0 Å². The molecule has 0 saturated carbocycles. The van der Waals surface area contributed by atoms with Crippen LogP contribution in [-0.4, -0.2) is 23.2 Å². The lowest BCUT2D eigenvalue weighted by atomic mass is 10.1. The van der Waals surface area contributed by atoms with Crippen molar-refractivity contribution >= 4 is 11.6 Å². The standard InChI is InChI=1S/C8H10ClFN2O/c9-6-1-7(10)8(12-3-6)5(2-11)4-13/h1,3,5,13H,2,4,11H2. The number of pyridine rings is 1. The highest BCUT2D eigenvalue weighted by Crippen LogP contribution is 2.18. The second-order valence-electron chi connectivity index (χ2n) is 2.64. The predicted molar refractivity (Wildman–Crippen MR) is 48.1 cm³/mol. The Balaban J connectivity index is 2.99. The van der Waals surface area contributed by atoms with Gasteiger partial charge in [-0.1, -0.05) is 11.6 Å². The zero-order valence-corrected chi connectivity index (χ0v) is 7.63. The number of rotatable bonds is 3. The number of aromatic nitrogens is 1. The average Bonchev–Trinajstić information content (AvgIpc) is 2.10. The Bertz CT molecular complexity index is 291. The summed E-state index contributed by atoms with van der Waals surface area (Å²) < 4.78 is 13.2. The van der Waals surface area contributed by atoms with Gasteiger partial charge in [-0.25, -0.2) is 4.39 Å². The normalized spacial score (nSPS) is 12.9. The van der Waals surface area contributed by atoms with Crippen molar-refractivity contribution in [1.29, 1.82) is 0 Å². The third-order valence-electron chi connectivity index (χ3n) is 1.73. The molecule has 5 heteroatoms. The Kier molecular flexibility index (Phi) is 3.59. The first kappa shape index (κ1) is 10.4. The zero-order valence-electron chi connectivity index (χ0n) is 6.87. The van der Waals surface area contributed by atoms with Crippen LogP contribution >= 0.6 is 11.6 Å². The van der Waals surface area contributed by atoms with Crippen molar-refractivity contribution in [2.75, 3.05) is 13.2 Å². The summed E-state index contributed by atoms with van der Waals surface area (Å²) in [5.74, 6) is -0.991. The number of aliphatic hydroxyl groups excluding tert-OH is 1. The maximum Gasteiger partial charge on any atom is 0.146 e. The number of nitrogens with two attached hydrogens (primary N) is 1. The quantitative estimate of drug-likeness (QED) is 0.770. The second-order valence-corrected chi connectivity index (χ2v) is 3.07. The number of hydrogen-bond acceptors (Lipinski definition) is 3. The molecular weight excluding hydrogens is 195 g/mol. The van der Waals surface area contributed by atoms with Crippen LogP contribution in [0, 0.1) is 5.82 Å². The summed E-state index contributed by atoms with van der Waals surface area (Å²) in [7, 11) is 0. The van der Waals surface area contributed by atoms with Gasteiger partial charge in [0.05, 0.1) is 17.3 Å². The molecule has 0 fully saturated rings. The molecule has 1 atom stereocenters. The van der Waals surface area contributed by atoms with Crippen LogP contribution in [0.2, 0.25) is 5.02 Å². The van der Waals surface area contributed by atoms with Gasteiger partial charge in [-0.05, 0) is 6.07 Å². The van der Waals surface area contributed by atoms with Gasteiger partial charge in [-0.2, -0.15) is 0 Å². The summed E-state index contributed by atoms with van der Waals surface area (Å²) in [6.07, 6.45) is 1.33. The van der Waals surface area contributed by atoms with Crippen LogP contribution in [0.15, 0.2) is 12.3 Å². The fourth-order valence-electron chi connectivity index (χ4n) is 0.998.